The summed E-state index contributed by atoms with van der Waals surface area (Å²) in [5.41, 5.74) is 2.82. The summed E-state index contributed by atoms with van der Waals surface area (Å²) in [6, 6.07) is 0. The summed E-state index contributed by atoms with van der Waals surface area (Å²) >= 11 is 0. The monoisotopic (exact) mass is 150 g/mol. The zero-order valence-electron chi connectivity index (χ0n) is 7.18. The van der Waals surface area contributed by atoms with Gasteiger partial charge >= 0.3 is 0 Å². The molecule has 11 heavy (non-hydrogen) atoms. The zero-order valence-corrected chi connectivity index (χ0v) is 7.18. The van der Waals surface area contributed by atoms with Crippen molar-refractivity contribution in [2.24, 2.45) is 5.92 Å². The van der Waals surface area contributed by atoms with Gasteiger partial charge in [-0.3, -0.25) is 0 Å². The van der Waals surface area contributed by atoms with Crippen LogP contribution in [0.4, 0.5) is 0 Å². The Balaban J connectivity index is 2.37. The molecule has 1 aromatic heterocycles. The number of hydrogen-bond acceptors (Lipinski definition) is 1. The van der Waals surface area contributed by atoms with Gasteiger partial charge in [-0.25, -0.2) is 0 Å². The van der Waals surface area contributed by atoms with Gasteiger partial charge in [0.1, 0.15) is 5.76 Å². The third-order valence-electron chi connectivity index (χ3n) is 2.61. The van der Waals surface area contributed by atoms with Gasteiger partial charge in [-0.05, 0) is 36.8 Å². The Morgan fingerprint density at radius 2 is 2.36 bits per heavy atom. The fraction of sp³-hybridized carbons (Fsp3) is 0.600. The largest absolute Gasteiger partial charge is 0.469 e. The molecule has 0 bridgehead atoms. The Labute approximate surface area is 67.4 Å². The second-order valence-electron chi connectivity index (χ2n) is 3.67. The van der Waals surface area contributed by atoms with E-state index in [1.807, 2.05) is 6.26 Å². The van der Waals surface area contributed by atoms with Crippen LogP contribution >= 0.6 is 0 Å². The molecule has 0 fully saturated rings. The molecule has 1 nitrogen and oxygen atoms in total. The molecule has 0 amide bonds. The van der Waals surface area contributed by atoms with Gasteiger partial charge in [0.15, 0.2) is 0 Å². The molecule has 1 aromatic rings. The Bertz CT molecular complexity index is 260. The van der Waals surface area contributed by atoms with Crippen LogP contribution < -0.4 is 0 Å². The first-order valence-corrected chi connectivity index (χ1v) is 4.33. The summed E-state index contributed by atoms with van der Waals surface area (Å²) < 4.78 is 5.44. The number of hydrogen-bond donors (Lipinski definition) is 0. The Hall–Kier alpha value is -0.720. The van der Waals surface area contributed by atoms with Crippen LogP contribution in [0, 0.1) is 12.8 Å². The third kappa shape index (κ3) is 1.09. The Morgan fingerprint density at radius 3 is 3.18 bits per heavy atom. The first kappa shape index (κ1) is 6.96. The highest BCUT2D eigenvalue weighted by atomic mass is 16.3. The first-order valence-electron chi connectivity index (χ1n) is 4.33. The van der Waals surface area contributed by atoms with E-state index in [1.165, 1.54) is 29.7 Å². The van der Waals surface area contributed by atoms with Crippen molar-refractivity contribution < 1.29 is 4.42 Å². The molecule has 1 heteroatoms. The molecule has 0 radical (unpaired) electrons. The minimum absolute atomic E-state index is 0.846. The minimum atomic E-state index is 0.846. The second-order valence-corrected chi connectivity index (χ2v) is 3.67. The molecule has 60 valence electrons. The van der Waals surface area contributed by atoms with Gasteiger partial charge in [-0.1, -0.05) is 6.92 Å². The van der Waals surface area contributed by atoms with Gasteiger partial charge in [-0.2, -0.15) is 0 Å². The molecule has 1 atom stereocenters. The van der Waals surface area contributed by atoms with Crippen molar-refractivity contribution in [2.75, 3.05) is 0 Å². The fourth-order valence-electron chi connectivity index (χ4n) is 1.83. The lowest BCUT2D eigenvalue weighted by Gasteiger charge is -2.16. The summed E-state index contributed by atoms with van der Waals surface area (Å²) in [6.45, 7) is 4.45. The summed E-state index contributed by atoms with van der Waals surface area (Å²) in [5.74, 6) is 2.08. The third-order valence-corrected chi connectivity index (χ3v) is 2.61. The molecule has 0 aromatic carbocycles. The molecule has 0 spiro atoms. The van der Waals surface area contributed by atoms with Crippen molar-refractivity contribution in [3.8, 4) is 0 Å². The van der Waals surface area contributed by atoms with Gasteiger partial charge in [0.2, 0.25) is 0 Å². The molecule has 0 saturated heterocycles. The van der Waals surface area contributed by atoms with Crippen LogP contribution in [0.5, 0.6) is 0 Å². The van der Waals surface area contributed by atoms with E-state index < -0.39 is 0 Å². The molecule has 1 aliphatic carbocycles. The van der Waals surface area contributed by atoms with Crippen LogP contribution in [0.3, 0.4) is 0 Å². The van der Waals surface area contributed by atoms with Crippen LogP contribution in [0.2, 0.25) is 0 Å². The average Bonchev–Trinajstić information content (AvgIpc) is 2.33. The van der Waals surface area contributed by atoms with Crippen molar-refractivity contribution in [3.05, 3.63) is 23.2 Å². The minimum Gasteiger partial charge on any atom is -0.469 e. The Morgan fingerprint density at radius 1 is 1.55 bits per heavy atom. The summed E-state index contributed by atoms with van der Waals surface area (Å²) in [7, 11) is 0. The van der Waals surface area contributed by atoms with E-state index in [0.717, 1.165) is 12.3 Å². The molecule has 0 saturated carbocycles. The predicted octanol–water partition coefficient (Wildman–Crippen LogP) is 2.71. The first-order chi connectivity index (χ1) is 5.27. The highest BCUT2D eigenvalue weighted by molar-refractivity contribution is 5.29. The second kappa shape index (κ2) is 2.40. The van der Waals surface area contributed by atoms with E-state index in [-0.39, 0.29) is 0 Å². The SMILES string of the molecule is Cc1coc2c1CC(C)CC2. The average molecular weight is 150 g/mol. The highest BCUT2D eigenvalue weighted by Gasteiger charge is 2.19. The van der Waals surface area contributed by atoms with Crippen LogP contribution in [0.15, 0.2) is 10.7 Å². The van der Waals surface area contributed by atoms with Crippen molar-refractivity contribution in [1.82, 2.24) is 0 Å². The smallest absolute Gasteiger partial charge is 0.107 e. The zero-order chi connectivity index (χ0) is 7.84. The van der Waals surface area contributed by atoms with Crippen LogP contribution in [0.25, 0.3) is 0 Å². The molecular formula is C10H14O. The van der Waals surface area contributed by atoms with Gasteiger partial charge in [0.25, 0.3) is 0 Å². The summed E-state index contributed by atoms with van der Waals surface area (Å²) in [6.07, 6.45) is 5.55. The maximum Gasteiger partial charge on any atom is 0.107 e. The number of fused-ring (bicyclic) bond motifs is 1. The van der Waals surface area contributed by atoms with Crippen LogP contribution in [-0.2, 0) is 12.8 Å². The number of furan rings is 1. The van der Waals surface area contributed by atoms with E-state index in [4.69, 9.17) is 4.42 Å². The van der Waals surface area contributed by atoms with Crippen molar-refractivity contribution in [2.45, 2.75) is 33.1 Å². The Kier molecular flexibility index (Phi) is 1.52. The lowest BCUT2D eigenvalue weighted by Crippen LogP contribution is -2.09. The maximum atomic E-state index is 5.44. The van der Waals surface area contributed by atoms with Crippen LogP contribution in [-0.4, -0.2) is 0 Å². The van der Waals surface area contributed by atoms with Crippen molar-refractivity contribution in [3.63, 3.8) is 0 Å². The molecule has 2 rings (SSSR count). The van der Waals surface area contributed by atoms with Crippen molar-refractivity contribution in [1.29, 1.82) is 0 Å². The van der Waals surface area contributed by atoms with Crippen molar-refractivity contribution >= 4 is 0 Å². The van der Waals surface area contributed by atoms with Gasteiger partial charge in [0, 0.05) is 6.42 Å². The lowest BCUT2D eigenvalue weighted by molar-refractivity contribution is 0.425. The van der Waals surface area contributed by atoms with E-state index in [9.17, 15) is 0 Å². The molecule has 0 N–H and O–H groups in total. The van der Waals surface area contributed by atoms with Gasteiger partial charge in [0.05, 0.1) is 6.26 Å². The van der Waals surface area contributed by atoms with E-state index in [2.05, 4.69) is 13.8 Å². The molecular weight excluding hydrogens is 136 g/mol. The summed E-state index contributed by atoms with van der Waals surface area (Å²) in [5, 5.41) is 0. The maximum absolute atomic E-state index is 5.44. The standard InChI is InChI=1S/C10H14O/c1-7-3-4-10-9(5-7)8(2)6-11-10/h6-7H,3-5H2,1-2H3. The van der Waals surface area contributed by atoms with E-state index in [1.54, 1.807) is 0 Å². The molecule has 1 heterocycles. The quantitative estimate of drug-likeness (QED) is 0.554. The van der Waals surface area contributed by atoms with Gasteiger partial charge in [-0.15, -0.1) is 0 Å². The molecule has 1 unspecified atom stereocenters. The lowest BCUT2D eigenvalue weighted by atomic mass is 9.88. The topological polar surface area (TPSA) is 13.1 Å². The van der Waals surface area contributed by atoms with E-state index in [0.29, 0.717) is 0 Å². The number of aryl methyl sites for hydroxylation is 2. The highest BCUT2D eigenvalue weighted by Crippen LogP contribution is 2.28. The molecule has 1 aliphatic rings. The summed E-state index contributed by atoms with van der Waals surface area (Å²) in [4.78, 5) is 0. The fourth-order valence-corrected chi connectivity index (χ4v) is 1.83. The normalized spacial score (nSPS) is 23.3. The van der Waals surface area contributed by atoms with Crippen LogP contribution in [0.1, 0.15) is 30.2 Å². The van der Waals surface area contributed by atoms with Gasteiger partial charge < -0.3 is 4.42 Å². The number of rotatable bonds is 0. The predicted molar refractivity (Wildman–Crippen MR) is 44.6 cm³/mol. The molecule has 0 aliphatic heterocycles. The van der Waals surface area contributed by atoms with E-state index >= 15 is 0 Å².